The molecule has 1 aromatic heterocycles. The zero-order valence-electron chi connectivity index (χ0n) is 13.5. The summed E-state index contributed by atoms with van der Waals surface area (Å²) >= 11 is 1.60. The number of amides is 3. The SMILES string of the molecule is CN1CCC(NC(=O)NCCc2csc(-c3ccccc3)n2)C1=O. The minimum atomic E-state index is -0.404. The Morgan fingerprint density at radius 3 is 2.88 bits per heavy atom. The van der Waals surface area contributed by atoms with Crippen molar-refractivity contribution in [3.63, 3.8) is 0 Å². The zero-order valence-corrected chi connectivity index (χ0v) is 14.3. The molecule has 1 aliphatic heterocycles. The first-order chi connectivity index (χ1) is 11.6. The lowest BCUT2D eigenvalue weighted by atomic mass is 10.2. The van der Waals surface area contributed by atoms with Crippen molar-refractivity contribution in [1.82, 2.24) is 20.5 Å². The molecule has 2 N–H and O–H groups in total. The Morgan fingerprint density at radius 2 is 2.17 bits per heavy atom. The number of carbonyl (C=O) groups is 2. The minimum absolute atomic E-state index is 0.0304. The van der Waals surface area contributed by atoms with Gasteiger partial charge in [-0.25, -0.2) is 9.78 Å². The molecule has 1 aliphatic rings. The number of nitrogens with zero attached hydrogens (tertiary/aromatic N) is 2. The molecule has 1 unspecified atom stereocenters. The van der Waals surface area contributed by atoms with Crippen LogP contribution in [0.25, 0.3) is 10.6 Å². The second kappa shape index (κ2) is 7.44. The van der Waals surface area contributed by atoms with Crippen molar-refractivity contribution in [2.45, 2.75) is 18.9 Å². The van der Waals surface area contributed by atoms with E-state index in [0.717, 1.165) is 16.3 Å². The van der Waals surface area contributed by atoms with Gasteiger partial charge in [-0.05, 0) is 6.42 Å². The molecular weight excluding hydrogens is 324 g/mol. The lowest BCUT2D eigenvalue weighted by molar-refractivity contribution is -0.128. The largest absolute Gasteiger partial charge is 0.344 e. The van der Waals surface area contributed by atoms with E-state index in [9.17, 15) is 9.59 Å². The Hall–Kier alpha value is -2.41. The van der Waals surface area contributed by atoms with Gasteiger partial charge >= 0.3 is 6.03 Å². The number of thiazole rings is 1. The number of hydrogen-bond donors (Lipinski definition) is 2. The predicted molar refractivity (Wildman–Crippen MR) is 93.8 cm³/mol. The molecule has 0 radical (unpaired) electrons. The maximum Gasteiger partial charge on any atom is 0.315 e. The van der Waals surface area contributed by atoms with Crippen LogP contribution in [0.2, 0.25) is 0 Å². The third-order valence-electron chi connectivity index (χ3n) is 3.97. The zero-order chi connectivity index (χ0) is 16.9. The third-order valence-corrected chi connectivity index (χ3v) is 4.91. The lowest BCUT2D eigenvalue weighted by Crippen LogP contribution is -2.46. The fourth-order valence-corrected chi connectivity index (χ4v) is 3.47. The highest BCUT2D eigenvalue weighted by molar-refractivity contribution is 7.13. The molecule has 6 nitrogen and oxygen atoms in total. The number of likely N-dealkylation sites (tertiary alicyclic amines) is 1. The van der Waals surface area contributed by atoms with Gasteiger partial charge in [-0.1, -0.05) is 30.3 Å². The summed E-state index contributed by atoms with van der Waals surface area (Å²) in [4.78, 5) is 29.8. The molecule has 2 heterocycles. The van der Waals surface area contributed by atoms with E-state index in [1.54, 1.807) is 23.3 Å². The molecule has 3 rings (SSSR count). The van der Waals surface area contributed by atoms with Crippen molar-refractivity contribution < 1.29 is 9.59 Å². The van der Waals surface area contributed by atoms with Gasteiger partial charge in [0.1, 0.15) is 11.0 Å². The molecule has 0 bridgehead atoms. The van der Waals surface area contributed by atoms with Crippen molar-refractivity contribution in [1.29, 1.82) is 0 Å². The average molecular weight is 344 g/mol. The topological polar surface area (TPSA) is 74.3 Å². The molecule has 1 fully saturated rings. The summed E-state index contributed by atoms with van der Waals surface area (Å²) in [7, 11) is 1.74. The van der Waals surface area contributed by atoms with Gasteiger partial charge in [0, 0.05) is 37.5 Å². The van der Waals surface area contributed by atoms with Crippen LogP contribution in [0.1, 0.15) is 12.1 Å². The van der Waals surface area contributed by atoms with Crippen LogP contribution >= 0.6 is 11.3 Å². The molecule has 0 aliphatic carbocycles. The van der Waals surface area contributed by atoms with Gasteiger partial charge in [-0.3, -0.25) is 4.79 Å². The first kappa shape index (κ1) is 16.4. The second-order valence-corrected chi connectivity index (χ2v) is 6.62. The van der Waals surface area contributed by atoms with Crippen LogP contribution in [-0.4, -0.2) is 48.0 Å². The second-order valence-electron chi connectivity index (χ2n) is 5.76. The predicted octanol–water partition coefficient (Wildman–Crippen LogP) is 1.88. The number of rotatable bonds is 5. The number of aromatic nitrogens is 1. The molecule has 126 valence electrons. The minimum Gasteiger partial charge on any atom is -0.344 e. The Kier molecular flexibility index (Phi) is 5.10. The van der Waals surface area contributed by atoms with E-state index in [4.69, 9.17) is 0 Å². The fraction of sp³-hybridized carbons (Fsp3) is 0.353. The first-order valence-electron chi connectivity index (χ1n) is 7.92. The monoisotopic (exact) mass is 344 g/mol. The van der Waals surface area contributed by atoms with Gasteiger partial charge in [-0.15, -0.1) is 11.3 Å². The summed E-state index contributed by atoms with van der Waals surface area (Å²) in [6, 6.07) is 9.32. The number of hydrogen-bond acceptors (Lipinski definition) is 4. The molecule has 0 spiro atoms. The number of urea groups is 1. The highest BCUT2D eigenvalue weighted by Crippen LogP contribution is 2.23. The summed E-state index contributed by atoms with van der Waals surface area (Å²) < 4.78 is 0. The van der Waals surface area contributed by atoms with Crippen molar-refractivity contribution in [3.05, 3.63) is 41.4 Å². The molecule has 0 saturated carbocycles. The van der Waals surface area contributed by atoms with Gasteiger partial charge in [0.25, 0.3) is 0 Å². The smallest absolute Gasteiger partial charge is 0.315 e. The van der Waals surface area contributed by atoms with E-state index in [2.05, 4.69) is 15.6 Å². The van der Waals surface area contributed by atoms with E-state index in [1.165, 1.54) is 0 Å². The Morgan fingerprint density at radius 1 is 1.38 bits per heavy atom. The molecule has 1 aromatic carbocycles. The van der Waals surface area contributed by atoms with Crippen molar-refractivity contribution in [2.24, 2.45) is 0 Å². The highest BCUT2D eigenvalue weighted by Gasteiger charge is 2.29. The van der Waals surface area contributed by atoms with Crippen LogP contribution in [0, 0.1) is 0 Å². The standard InChI is InChI=1S/C17H20N4O2S/c1-21-10-8-14(16(21)22)20-17(23)18-9-7-13-11-24-15(19-13)12-5-3-2-4-6-12/h2-6,11,14H,7-10H2,1H3,(H2,18,20,23). The number of nitrogens with one attached hydrogen (secondary N) is 2. The van der Waals surface area contributed by atoms with Crippen LogP contribution in [0.4, 0.5) is 4.79 Å². The van der Waals surface area contributed by atoms with Gasteiger partial charge in [0.15, 0.2) is 0 Å². The van der Waals surface area contributed by atoms with Crippen molar-refractivity contribution in [2.75, 3.05) is 20.1 Å². The molecular formula is C17H20N4O2S. The van der Waals surface area contributed by atoms with E-state index < -0.39 is 6.04 Å². The van der Waals surface area contributed by atoms with E-state index >= 15 is 0 Å². The first-order valence-corrected chi connectivity index (χ1v) is 8.80. The highest BCUT2D eigenvalue weighted by atomic mass is 32.1. The number of benzene rings is 1. The van der Waals surface area contributed by atoms with Gasteiger partial charge < -0.3 is 15.5 Å². The number of carbonyl (C=O) groups excluding carboxylic acids is 2. The summed E-state index contributed by atoms with van der Waals surface area (Å²) in [5, 5.41) is 8.50. The van der Waals surface area contributed by atoms with Gasteiger partial charge in [0.2, 0.25) is 5.91 Å². The quantitative estimate of drug-likeness (QED) is 0.870. The van der Waals surface area contributed by atoms with Crippen LogP contribution in [-0.2, 0) is 11.2 Å². The molecule has 1 saturated heterocycles. The summed E-state index contributed by atoms with van der Waals surface area (Å²) in [6.07, 6.45) is 1.32. The summed E-state index contributed by atoms with van der Waals surface area (Å²) in [6.45, 7) is 1.17. The fourth-order valence-electron chi connectivity index (χ4n) is 2.60. The normalized spacial score (nSPS) is 17.1. The van der Waals surface area contributed by atoms with Crippen LogP contribution < -0.4 is 10.6 Å². The maximum absolute atomic E-state index is 11.9. The van der Waals surface area contributed by atoms with Gasteiger partial charge in [0.05, 0.1) is 5.69 Å². The maximum atomic E-state index is 11.9. The van der Waals surface area contributed by atoms with E-state index in [1.807, 2.05) is 35.7 Å². The van der Waals surface area contributed by atoms with Crippen molar-refractivity contribution in [3.8, 4) is 10.6 Å². The van der Waals surface area contributed by atoms with Crippen LogP contribution in [0.5, 0.6) is 0 Å². The third kappa shape index (κ3) is 3.91. The van der Waals surface area contributed by atoms with Crippen LogP contribution in [0.3, 0.4) is 0 Å². The summed E-state index contributed by atoms with van der Waals surface area (Å²) in [5.74, 6) is -0.0304. The molecule has 3 amide bonds. The van der Waals surface area contributed by atoms with Crippen molar-refractivity contribution >= 4 is 23.3 Å². The molecule has 1 atom stereocenters. The van der Waals surface area contributed by atoms with E-state index in [-0.39, 0.29) is 11.9 Å². The Bertz CT molecular complexity index is 716. The van der Waals surface area contributed by atoms with E-state index in [0.29, 0.717) is 25.9 Å². The molecule has 7 heteroatoms. The van der Waals surface area contributed by atoms with Crippen LogP contribution in [0.15, 0.2) is 35.7 Å². The van der Waals surface area contributed by atoms with Gasteiger partial charge in [-0.2, -0.15) is 0 Å². The molecule has 2 aromatic rings. The molecule has 24 heavy (non-hydrogen) atoms. The number of likely N-dealkylation sites (N-methyl/N-ethyl adjacent to an activating group) is 1. The Balaban J connectivity index is 1.44. The lowest BCUT2D eigenvalue weighted by Gasteiger charge is -2.12. The Labute approximate surface area is 144 Å². The summed E-state index contributed by atoms with van der Waals surface area (Å²) in [5.41, 5.74) is 2.05. The average Bonchev–Trinajstić information content (AvgIpc) is 3.18.